The Labute approximate surface area is 215 Å². The highest BCUT2D eigenvalue weighted by Gasteiger charge is 2.37. The number of benzene rings is 3. The first-order chi connectivity index (χ1) is 17.9. The number of amides is 2. The Morgan fingerprint density at radius 1 is 1.00 bits per heavy atom. The minimum Gasteiger partial charge on any atom is -0.463 e. The van der Waals surface area contributed by atoms with Gasteiger partial charge in [-0.3, -0.25) is 9.59 Å². The van der Waals surface area contributed by atoms with Crippen molar-refractivity contribution in [3.63, 3.8) is 0 Å². The lowest BCUT2D eigenvalue weighted by atomic mass is 9.83. The quantitative estimate of drug-likeness (QED) is 0.436. The summed E-state index contributed by atoms with van der Waals surface area (Å²) in [5, 5.41) is 2.91. The molecule has 1 heterocycles. The first kappa shape index (κ1) is 25.8. The summed E-state index contributed by atoms with van der Waals surface area (Å²) < 4.78 is 18.8. The average molecular weight is 501 g/mol. The number of hydrogen-bond donors (Lipinski definition) is 1. The van der Waals surface area contributed by atoms with Gasteiger partial charge in [-0.1, -0.05) is 54.6 Å². The van der Waals surface area contributed by atoms with E-state index in [1.807, 2.05) is 36.4 Å². The lowest BCUT2D eigenvalue weighted by molar-refractivity contribution is -0.140. The van der Waals surface area contributed by atoms with Crippen molar-refractivity contribution >= 4 is 17.8 Å². The van der Waals surface area contributed by atoms with Crippen molar-refractivity contribution in [1.82, 2.24) is 10.2 Å². The molecular weight excluding hydrogens is 471 g/mol. The summed E-state index contributed by atoms with van der Waals surface area (Å²) in [4.78, 5) is 40.5. The molecule has 0 saturated heterocycles. The molecule has 4 rings (SSSR count). The summed E-state index contributed by atoms with van der Waals surface area (Å²) in [6, 6.07) is 22.5. The molecule has 0 aromatic heterocycles. The van der Waals surface area contributed by atoms with E-state index in [2.05, 4.69) is 5.32 Å². The maximum Gasteiger partial charge on any atom is 0.336 e. The summed E-state index contributed by atoms with van der Waals surface area (Å²) in [6.45, 7) is 4.24. The van der Waals surface area contributed by atoms with Crippen LogP contribution in [0.25, 0.3) is 0 Å². The zero-order valence-corrected chi connectivity index (χ0v) is 20.9. The van der Waals surface area contributed by atoms with Gasteiger partial charge in [0, 0.05) is 30.1 Å². The molecule has 1 aliphatic heterocycles. The zero-order valence-electron chi connectivity index (χ0n) is 20.9. The number of esters is 1. The number of hydrogen-bond acceptors (Lipinski definition) is 4. The monoisotopic (exact) mass is 500 g/mol. The molecule has 1 aliphatic rings. The third kappa shape index (κ3) is 6.12. The molecule has 3 aromatic carbocycles. The van der Waals surface area contributed by atoms with Crippen LogP contribution in [-0.4, -0.2) is 29.3 Å². The second-order valence-electron chi connectivity index (χ2n) is 8.88. The van der Waals surface area contributed by atoms with Gasteiger partial charge in [0.05, 0.1) is 18.7 Å². The second kappa shape index (κ2) is 11.6. The van der Waals surface area contributed by atoms with Gasteiger partial charge in [-0.25, -0.2) is 9.18 Å². The third-order valence-electron chi connectivity index (χ3n) is 6.42. The van der Waals surface area contributed by atoms with Crippen LogP contribution in [0.2, 0.25) is 0 Å². The number of halogens is 1. The van der Waals surface area contributed by atoms with Crippen LogP contribution in [0.4, 0.5) is 4.39 Å². The van der Waals surface area contributed by atoms with E-state index in [0.29, 0.717) is 28.9 Å². The molecule has 0 aliphatic carbocycles. The first-order valence-electron chi connectivity index (χ1n) is 12.2. The molecule has 3 aromatic rings. The number of nitrogens with one attached hydrogen (secondary N) is 1. The van der Waals surface area contributed by atoms with Crippen LogP contribution in [0.3, 0.4) is 0 Å². The molecule has 1 unspecified atom stereocenters. The van der Waals surface area contributed by atoms with E-state index in [-0.39, 0.29) is 31.4 Å². The molecule has 2 amide bonds. The van der Waals surface area contributed by atoms with E-state index >= 15 is 0 Å². The summed E-state index contributed by atoms with van der Waals surface area (Å²) in [5.74, 6) is -1.80. The highest BCUT2D eigenvalue weighted by atomic mass is 19.1. The van der Waals surface area contributed by atoms with Gasteiger partial charge >= 0.3 is 5.97 Å². The van der Waals surface area contributed by atoms with Gasteiger partial charge in [-0.2, -0.15) is 0 Å². The lowest BCUT2D eigenvalue weighted by Crippen LogP contribution is -2.38. The van der Waals surface area contributed by atoms with E-state index in [9.17, 15) is 18.8 Å². The van der Waals surface area contributed by atoms with Crippen LogP contribution in [0.15, 0.2) is 90.1 Å². The smallest absolute Gasteiger partial charge is 0.336 e. The van der Waals surface area contributed by atoms with E-state index in [1.54, 1.807) is 49.1 Å². The summed E-state index contributed by atoms with van der Waals surface area (Å²) in [5.41, 5.74) is 3.77. The molecule has 190 valence electrons. The van der Waals surface area contributed by atoms with E-state index < -0.39 is 17.7 Å². The minimum absolute atomic E-state index is 0.0500. The summed E-state index contributed by atoms with van der Waals surface area (Å²) in [7, 11) is 0. The highest BCUT2D eigenvalue weighted by Crippen LogP contribution is 2.37. The standard InChI is InChI=1S/C30H29FN2O4/c1-3-37-30(36)28-20(2)33(27(34)17-26(28)23-12-14-25(31)15-13-23)19-22-10-7-11-24(16-22)29(35)32-18-21-8-5-4-6-9-21/h4-16,26H,3,17-19H2,1-2H3,(H,32,35). The van der Waals surface area contributed by atoms with Gasteiger partial charge < -0.3 is 15.0 Å². The molecule has 1 atom stereocenters. The molecule has 1 N–H and O–H groups in total. The second-order valence-corrected chi connectivity index (χ2v) is 8.88. The van der Waals surface area contributed by atoms with Crippen molar-refractivity contribution in [3.05, 3.63) is 118 Å². The van der Waals surface area contributed by atoms with Crippen molar-refractivity contribution < 1.29 is 23.5 Å². The average Bonchev–Trinajstić information content (AvgIpc) is 2.90. The van der Waals surface area contributed by atoms with E-state index in [4.69, 9.17) is 4.74 Å². The fraction of sp³-hybridized carbons (Fsp3) is 0.233. The van der Waals surface area contributed by atoms with Crippen molar-refractivity contribution in [2.24, 2.45) is 0 Å². The molecular formula is C30H29FN2O4. The topological polar surface area (TPSA) is 75.7 Å². The summed E-state index contributed by atoms with van der Waals surface area (Å²) >= 11 is 0. The largest absolute Gasteiger partial charge is 0.463 e. The molecule has 0 bridgehead atoms. The Hall–Kier alpha value is -4.26. The van der Waals surface area contributed by atoms with Crippen LogP contribution in [0.5, 0.6) is 0 Å². The van der Waals surface area contributed by atoms with Crippen molar-refractivity contribution in [2.45, 2.75) is 39.3 Å². The molecule has 7 heteroatoms. The molecule has 0 fully saturated rings. The Bertz CT molecular complexity index is 1320. The fourth-order valence-corrected chi connectivity index (χ4v) is 4.53. The maximum absolute atomic E-state index is 13.5. The van der Waals surface area contributed by atoms with Crippen LogP contribution >= 0.6 is 0 Å². The first-order valence-corrected chi connectivity index (χ1v) is 12.2. The fourth-order valence-electron chi connectivity index (χ4n) is 4.53. The van der Waals surface area contributed by atoms with Gasteiger partial charge in [0.1, 0.15) is 5.82 Å². The SMILES string of the molecule is CCOC(=O)C1=C(C)N(Cc2cccc(C(=O)NCc3ccccc3)c2)C(=O)CC1c1ccc(F)cc1. The van der Waals surface area contributed by atoms with Crippen molar-refractivity contribution in [3.8, 4) is 0 Å². The van der Waals surface area contributed by atoms with Gasteiger partial charge in [0.25, 0.3) is 5.91 Å². The predicted octanol–water partition coefficient (Wildman–Crippen LogP) is 5.11. The predicted molar refractivity (Wildman–Crippen MR) is 138 cm³/mol. The number of ether oxygens (including phenoxy) is 1. The molecule has 6 nitrogen and oxygen atoms in total. The Morgan fingerprint density at radius 2 is 1.70 bits per heavy atom. The zero-order chi connectivity index (χ0) is 26.4. The number of nitrogens with zero attached hydrogens (tertiary/aromatic N) is 1. The Morgan fingerprint density at radius 3 is 2.41 bits per heavy atom. The molecule has 0 spiro atoms. The van der Waals surface area contributed by atoms with Gasteiger partial charge in [-0.05, 0) is 54.8 Å². The van der Waals surface area contributed by atoms with Crippen molar-refractivity contribution in [1.29, 1.82) is 0 Å². The molecule has 0 saturated carbocycles. The number of rotatable bonds is 8. The van der Waals surface area contributed by atoms with Crippen LogP contribution in [0.1, 0.15) is 53.2 Å². The number of carbonyl (C=O) groups excluding carboxylic acids is 3. The van der Waals surface area contributed by atoms with E-state index in [1.165, 1.54) is 12.1 Å². The minimum atomic E-state index is -0.529. The summed E-state index contributed by atoms with van der Waals surface area (Å²) in [6.07, 6.45) is 0.0500. The van der Waals surface area contributed by atoms with Gasteiger partial charge in [-0.15, -0.1) is 0 Å². The normalized spacial score (nSPS) is 15.5. The third-order valence-corrected chi connectivity index (χ3v) is 6.42. The van der Waals surface area contributed by atoms with Crippen LogP contribution in [0, 0.1) is 5.82 Å². The highest BCUT2D eigenvalue weighted by molar-refractivity contribution is 5.96. The molecule has 37 heavy (non-hydrogen) atoms. The Balaban J connectivity index is 1.57. The lowest BCUT2D eigenvalue weighted by Gasteiger charge is -2.34. The van der Waals surface area contributed by atoms with E-state index in [0.717, 1.165) is 11.1 Å². The number of carbonyl (C=O) groups is 3. The van der Waals surface area contributed by atoms with Gasteiger partial charge in [0.2, 0.25) is 5.91 Å². The molecule has 0 radical (unpaired) electrons. The van der Waals surface area contributed by atoms with Crippen LogP contribution in [-0.2, 0) is 27.4 Å². The number of allylic oxidation sites excluding steroid dienone is 1. The van der Waals surface area contributed by atoms with Crippen molar-refractivity contribution in [2.75, 3.05) is 6.61 Å². The van der Waals surface area contributed by atoms with Gasteiger partial charge in [0.15, 0.2) is 0 Å². The maximum atomic E-state index is 13.5. The van der Waals surface area contributed by atoms with Crippen LogP contribution < -0.4 is 5.32 Å². The Kier molecular flexibility index (Phi) is 8.13.